The molecule has 1 fully saturated rings. The van der Waals surface area contributed by atoms with Crippen LogP contribution in [0.3, 0.4) is 0 Å². The van der Waals surface area contributed by atoms with Gasteiger partial charge in [-0.15, -0.1) is 0 Å². The summed E-state index contributed by atoms with van der Waals surface area (Å²) in [6, 6.07) is 12.6. The fraction of sp³-hybridized carbons (Fsp3) is 0.318. The quantitative estimate of drug-likeness (QED) is 0.646. The molecule has 0 radical (unpaired) electrons. The van der Waals surface area contributed by atoms with E-state index in [0.29, 0.717) is 34.5 Å². The highest BCUT2D eigenvalue weighted by atomic mass is 16.5. The van der Waals surface area contributed by atoms with Crippen LogP contribution in [0.2, 0.25) is 0 Å². The zero-order chi connectivity index (χ0) is 20.2. The molecule has 29 heavy (non-hydrogen) atoms. The molecule has 0 aliphatic carbocycles. The number of benzene rings is 1. The highest BCUT2D eigenvalue weighted by Gasteiger charge is 2.19. The van der Waals surface area contributed by atoms with E-state index in [1.165, 1.54) is 0 Å². The zero-order valence-corrected chi connectivity index (χ0v) is 16.1. The molecule has 1 N–H and O–H groups in total. The number of ether oxygens (including phenoxy) is 2. The van der Waals surface area contributed by atoms with Crippen molar-refractivity contribution in [1.82, 2.24) is 10.3 Å². The van der Waals surface area contributed by atoms with Crippen molar-refractivity contribution in [1.29, 1.82) is 0 Å². The van der Waals surface area contributed by atoms with Gasteiger partial charge in [-0.3, -0.25) is 4.79 Å². The van der Waals surface area contributed by atoms with E-state index in [9.17, 15) is 9.59 Å². The first kappa shape index (κ1) is 19.1. The van der Waals surface area contributed by atoms with E-state index >= 15 is 0 Å². The van der Waals surface area contributed by atoms with Crippen LogP contribution >= 0.6 is 0 Å². The molecule has 2 aromatic heterocycles. The Labute approximate surface area is 168 Å². The highest BCUT2D eigenvalue weighted by molar-refractivity contribution is 6.05. The van der Waals surface area contributed by atoms with E-state index in [-0.39, 0.29) is 18.6 Å². The summed E-state index contributed by atoms with van der Waals surface area (Å²) in [5.41, 5.74) is 1.52. The van der Waals surface area contributed by atoms with Gasteiger partial charge in [0.15, 0.2) is 12.4 Å². The molecule has 1 unspecified atom stereocenters. The summed E-state index contributed by atoms with van der Waals surface area (Å²) in [7, 11) is 0. The van der Waals surface area contributed by atoms with Crippen molar-refractivity contribution in [3.63, 3.8) is 0 Å². The molecule has 1 saturated heterocycles. The third-order valence-corrected chi connectivity index (χ3v) is 4.81. The van der Waals surface area contributed by atoms with Crippen LogP contribution in [0.5, 0.6) is 0 Å². The number of hydrogen-bond donors (Lipinski definition) is 1. The maximum atomic E-state index is 12.7. The van der Waals surface area contributed by atoms with Crippen LogP contribution in [0.1, 0.15) is 29.0 Å². The molecule has 1 aliphatic rings. The maximum absolute atomic E-state index is 12.7. The van der Waals surface area contributed by atoms with E-state index in [1.54, 1.807) is 18.2 Å². The van der Waals surface area contributed by atoms with Crippen LogP contribution < -0.4 is 5.32 Å². The van der Waals surface area contributed by atoms with Crippen molar-refractivity contribution in [3.8, 4) is 11.5 Å². The van der Waals surface area contributed by atoms with Crippen LogP contribution in [-0.2, 0) is 14.3 Å². The van der Waals surface area contributed by atoms with Crippen LogP contribution in [-0.4, -0.2) is 42.7 Å². The van der Waals surface area contributed by atoms with Crippen LogP contribution in [0.25, 0.3) is 22.4 Å². The number of esters is 1. The first-order chi connectivity index (χ1) is 14.1. The van der Waals surface area contributed by atoms with Gasteiger partial charge in [0.25, 0.3) is 5.91 Å². The number of hydrogen-bond acceptors (Lipinski definition) is 6. The summed E-state index contributed by atoms with van der Waals surface area (Å²) in [6.07, 6.45) is 1.97. The lowest BCUT2D eigenvalue weighted by Crippen LogP contribution is -2.34. The number of aromatic nitrogens is 1. The molecule has 3 heterocycles. The van der Waals surface area contributed by atoms with E-state index in [0.717, 1.165) is 25.2 Å². The minimum absolute atomic E-state index is 0.0399. The third-order valence-electron chi connectivity index (χ3n) is 4.81. The van der Waals surface area contributed by atoms with E-state index in [4.69, 9.17) is 13.9 Å². The minimum Gasteiger partial charge on any atom is -0.460 e. The lowest BCUT2D eigenvalue weighted by Gasteiger charge is -2.12. The van der Waals surface area contributed by atoms with E-state index in [2.05, 4.69) is 10.3 Å². The topological polar surface area (TPSA) is 90.7 Å². The van der Waals surface area contributed by atoms with E-state index in [1.807, 2.05) is 31.2 Å². The largest absolute Gasteiger partial charge is 0.460 e. The smallest absolute Gasteiger partial charge is 0.339 e. The standard InChI is InChI=1S/C22H22N2O5/c1-14-8-9-20(29-14)19-11-17(16-6-2-3-7-18(16)24-19)22(26)28-13-21(25)23-12-15-5-4-10-27-15/h2-3,6-9,11,15H,4-5,10,12-13H2,1H3,(H,23,25). The average molecular weight is 394 g/mol. The summed E-state index contributed by atoms with van der Waals surface area (Å²) < 4.78 is 16.4. The number of para-hydroxylation sites is 1. The number of carbonyl (C=O) groups excluding carboxylic acids is 2. The Bertz CT molecular complexity index is 1040. The molecule has 1 aliphatic heterocycles. The van der Waals surface area contributed by atoms with Crippen molar-refractivity contribution in [2.75, 3.05) is 19.8 Å². The van der Waals surface area contributed by atoms with Crippen molar-refractivity contribution < 1.29 is 23.5 Å². The predicted octanol–water partition coefficient (Wildman–Crippen LogP) is 3.26. The van der Waals surface area contributed by atoms with Gasteiger partial charge in [-0.2, -0.15) is 0 Å². The summed E-state index contributed by atoms with van der Waals surface area (Å²) in [6.45, 7) is 2.64. The van der Waals surface area contributed by atoms with Crippen LogP contribution in [0, 0.1) is 6.92 Å². The molecular weight excluding hydrogens is 372 g/mol. The molecule has 0 bridgehead atoms. The molecule has 0 spiro atoms. The van der Waals surface area contributed by atoms with Crippen molar-refractivity contribution in [3.05, 3.63) is 53.8 Å². The second-order valence-electron chi connectivity index (χ2n) is 7.00. The predicted molar refractivity (Wildman–Crippen MR) is 106 cm³/mol. The molecule has 3 aromatic rings. The number of fused-ring (bicyclic) bond motifs is 1. The number of nitrogens with one attached hydrogen (secondary N) is 1. The van der Waals surface area contributed by atoms with Gasteiger partial charge in [-0.05, 0) is 44.0 Å². The molecule has 1 aromatic carbocycles. The van der Waals surface area contributed by atoms with Crippen LogP contribution in [0.15, 0.2) is 46.9 Å². The molecule has 7 nitrogen and oxygen atoms in total. The molecular formula is C22H22N2O5. The number of nitrogens with zero attached hydrogens (tertiary/aromatic N) is 1. The Morgan fingerprint density at radius 3 is 2.86 bits per heavy atom. The lowest BCUT2D eigenvalue weighted by molar-refractivity contribution is -0.124. The second kappa shape index (κ2) is 8.45. The summed E-state index contributed by atoms with van der Waals surface area (Å²) in [5, 5.41) is 3.40. The minimum atomic E-state index is -0.583. The molecule has 0 saturated carbocycles. The number of furan rings is 1. The van der Waals surface area contributed by atoms with Gasteiger partial charge in [0, 0.05) is 18.5 Å². The summed E-state index contributed by atoms with van der Waals surface area (Å²) in [4.78, 5) is 29.3. The molecule has 150 valence electrons. The fourth-order valence-electron chi connectivity index (χ4n) is 3.34. The van der Waals surface area contributed by atoms with Crippen molar-refractivity contribution >= 4 is 22.8 Å². The Kier molecular flexibility index (Phi) is 5.57. The van der Waals surface area contributed by atoms with Gasteiger partial charge in [0.1, 0.15) is 11.5 Å². The first-order valence-electron chi connectivity index (χ1n) is 9.62. The fourth-order valence-corrected chi connectivity index (χ4v) is 3.34. The van der Waals surface area contributed by atoms with E-state index < -0.39 is 5.97 Å². The van der Waals surface area contributed by atoms with Gasteiger partial charge < -0.3 is 19.2 Å². The number of aryl methyl sites for hydroxylation is 1. The SMILES string of the molecule is Cc1ccc(-c2cc(C(=O)OCC(=O)NCC3CCCO3)c3ccccc3n2)o1. The van der Waals surface area contributed by atoms with Gasteiger partial charge in [0.05, 0.1) is 17.2 Å². The van der Waals surface area contributed by atoms with Gasteiger partial charge in [0.2, 0.25) is 0 Å². The molecule has 7 heteroatoms. The van der Waals surface area contributed by atoms with Crippen molar-refractivity contribution in [2.45, 2.75) is 25.9 Å². The third kappa shape index (κ3) is 4.46. The maximum Gasteiger partial charge on any atom is 0.339 e. The second-order valence-corrected chi connectivity index (χ2v) is 7.00. The number of carbonyl (C=O) groups is 2. The van der Waals surface area contributed by atoms with Crippen molar-refractivity contribution in [2.24, 2.45) is 0 Å². The Morgan fingerprint density at radius 2 is 2.10 bits per heavy atom. The lowest BCUT2D eigenvalue weighted by atomic mass is 10.1. The van der Waals surface area contributed by atoms with Gasteiger partial charge in [-0.25, -0.2) is 9.78 Å². The highest BCUT2D eigenvalue weighted by Crippen LogP contribution is 2.26. The Balaban J connectivity index is 1.49. The first-order valence-corrected chi connectivity index (χ1v) is 9.62. The molecule has 1 amide bonds. The molecule has 4 rings (SSSR count). The normalized spacial score (nSPS) is 16.1. The summed E-state index contributed by atoms with van der Waals surface area (Å²) in [5.74, 6) is 0.382. The zero-order valence-electron chi connectivity index (χ0n) is 16.1. The summed E-state index contributed by atoms with van der Waals surface area (Å²) >= 11 is 0. The number of amides is 1. The average Bonchev–Trinajstić information content (AvgIpc) is 3.41. The number of rotatable bonds is 6. The Hall–Kier alpha value is -3.19. The Morgan fingerprint density at radius 1 is 1.24 bits per heavy atom. The van der Waals surface area contributed by atoms with Gasteiger partial charge >= 0.3 is 5.97 Å². The molecule has 1 atom stereocenters. The monoisotopic (exact) mass is 394 g/mol. The van der Waals surface area contributed by atoms with Gasteiger partial charge in [-0.1, -0.05) is 18.2 Å². The van der Waals surface area contributed by atoms with Crippen LogP contribution in [0.4, 0.5) is 0 Å². The number of pyridine rings is 1.